The first-order chi connectivity index (χ1) is 8.05. The van der Waals surface area contributed by atoms with Gasteiger partial charge in [0.1, 0.15) is 0 Å². The zero-order valence-electron chi connectivity index (χ0n) is 11.3. The summed E-state index contributed by atoms with van der Waals surface area (Å²) in [6, 6.07) is 0. The van der Waals surface area contributed by atoms with Crippen LogP contribution in [0.2, 0.25) is 0 Å². The van der Waals surface area contributed by atoms with Crippen molar-refractivity contribution in [2.45, 2.75) is 50.7 Å². The van der Waals surface area contributed by atoms with E-state index in [1.54, 1.807) is 0 Å². The first-order valence-electron chi connectivity index (χ1n) is 6.79. The highest BCUT2D eigenvalue weighted by molar-refractivity contribution is 5.89. The largest absolute Gasteiger partial charge is 0.326 e. The average Bonchev–Trinajstić information content (AvgIpc) is 2.80. The number of hydrogen-bond acceptors (Lipinski definition) is 3. The Bertz CT molecular complexity index is 284. The van der Waals surface area contributed by atoms with E-state index >= 15 is 0 Å². The molecule has 0 aromatic rings. The first-order valence-corrected chi connectivity index (χ1v) is 6.79. The lowest BCUT2D eigenvalue weighted by Gasteiger charge is -2.22. The molecule has 1 heterocycles. The maximum atomic E-state index is 12.5. The SMILES string of the molecule is CC1NC2(CCCC2)C(=O)N1CCCN(C)C. The minimum Gasteiger partial charge on any atom is -0.326 e. The van der Waals surface area contributed by atoms with Gasteiger partial charge < -0.3 is 9.80 Å². The second-order valence-corrected chi connectivity index (χ2v) is 5.76. The molecule has 1 aliphatic heterocycles. The molecule has 2 fully saturated rings. The zero-order valence-corrected chi connectivity index (χ0v) is 11.3. The minimum absolute atomic E-state index is 0.197. The van der Waals surface area contributed by atoms with E-state index in [2.05, 4.69) is 31.2 Å². The second kappa shape index (κ2) is 4.94. The lowest BCUT2D eigenvalue weighted by Crippen LogP contribution is -2.44. The van der Waals surface area contributed by atoms with Crippen molar-refractivity contribution in [3.8, 4) is 0 Å². The van der Waals surface area contributed by atoms with Gasteiger partial charge in [0.2, 0.25) is 5.91 Å². The molecule has 1 saturated heterocycles. The number of amides is 1. The summed E-state index contributed by atoms with van der Waals surface area (Å²) in [7, 11) is 4.15. The van der Waals surface area contributed by atoms with E-state index in [9.17, 15) is 4.79 Å². The van der Waals surface area contributed by atoms with Crippen LogP contribution in [0.1, 0.15) is 39.0 Å². The number of rotatable bonds is 4. The fourth-order valence-corrected chi connectivity index (χ4v) is 3.18. The third-order valence-electron chi connectivity index (χ3n) is 4.08. The average molecular weight is 239 g/mol. The summed E-state index contributed by atoms with van der Waals surface area (Å²) in [6.07, 6.45) is 5.71. The van der Waals surface area contributed by atoms with Crippen LogP contribution in [-0.4, -0.2) is 54.6 Å². The molecule has 1 N–H and O–H groups in total. The molecule has 0 bridgehead atoms. The van der Waals surface area contributed by atoms with Gasteiger partial charge in [-0.15, -0.1) is 0 Å². The summed E-state index contributed by atoms with van der Waals surface area (Å²) >= 11 is 0. The third-order valence-corrected chi connectivity index (χ3v) is 4.08. The molecule has 0 aromatic heterocycles. The van der Waals surface area contributed by atoms with Crippen LogP contribution in [0.15, 0.2) is 0 Å². The van der Waals surface area contributed by atoms with Gasteiger partial charge in [-0.2, -0.15) is 0 Å². The number of nitrogens with zero attached hydrogens (tertiary/aromatic N) is 2. The predicted octanol–water partition coefficient (Wildman–Crippen LogP) is 1.03. The summed E-state index contributed by atoms with van der Waals surface area (Å²) in [5.41, 5.74) is -0.197. The Hall–Kier alpha value is -0.610. The van der Waals surface area contributed by atoms with Crippen molar-refractivity contribution < 1.29 is 4.79 Å². The Kier molecular flexibility index (Phi) is 3.73. The zero-order chi connectivity index (χ0) is 12.5. The van der Waals surface area contributed by atoms with E-state index in [-0.39, 0.29) is 11.7 Å². The van der Waals surface area contributed by atoms with Gasteiger partial charge in [-0.3, -0.25) is 10.1 Å². The summed E-state index contributed by atoms with van der Waals surface area (Å²) in [4.78, 5) is 16.7. The fourth-order valence-electron chi connectivity index (χ4n) is 3.18. The highest BCUT2D eigenvalue weighted by Gasteiger charge is 2.50. The summed E-state index contributed by atoms with van der Waals surface area (Å²) in [5, 5.41) is 3.53. The van der Waals surface area contributed by atoms with E-state index in [1.165, 1.54) is 12.8 Å². The predicted molar refractivity (Wildman–Crippen MR) is 68.7 cm³/mol. The normalized spacial score (nSPS) is 27.6. The molecule has 2 aliphatic rings. The standard InChI is InChI=1S/C13H25N3O/c1-11-14-13(7-4-5-8-13)12(17)16(11)10-6-9-15(2)3/h11,14H,4-10H2,1-3H3. The van der Waals surface area contributed by atoms with Gasteiger partial charge in [0, 0.05) is 6.54 Å². The van der Waals surface area contributed by atoms with Crippen LogP contribution >= 0.6 is 0 Å². The highest BCUT2D eigenvalue weighted by atomic mass is 16.2. The van der Waals surface area contributed by atoms with E-state index in [0.29, 0.717) is 5.91 Å². The van der Waals surface area contributed by atoms with Crippen LogP contribution < -0.4 is 5.32 Å². The molecule has 4 heteroatoms. The molecule has 0 aromatic carbocycles. The van der Waals surface area contributed by atoms with Crippen molar-refractivity contribution in [1.29, 1.82) is 0 Å². The van der Waals surface area contributed by atoms with Gasteiger partial charge in [0.05, 0.1) is 11.7 Å². The quantitative estimate of drug-likeness (QED) is 0.796. The van der Waals surface area contributed by atoms with Crippen molar-refractivity contribution in [3.05, 3.63) is 0 Å². The maximum absolute atomic E-state index is 12.5. The molecule has 1 atom stereocenters. The van der Waals surface area contributed by atoms with Gasteiger partial charge in [-0.25, -0.2) is 0 Å². The summed E-state index contributed by atoms with van der Waals surface area (Å²) in [5.74, 6) is 0.348. The fraction of sp³-hybridized carbons (Fsp3) is 0.923. The molecule has 98 valence electrons. The molecule has 1 saturated carbocycles. The third kappa shape index (κ3) is 2.47. The van der Waals surface area contributed by atoms with Crippen LogP contribution in [0.3, 0.4) is 0 Å². The Balaban J connectivity index is 1.92. The minimum atomic E-state index is -0.197. The first kappa shape index (κ1) is 12.8. The van der Waals surface area contributed by atoms with Crippen molar-refractivity contribution >= 4 is 5.91 Å². The van der Waals surface area contributed by atoms with Gasteiger partial charge in [-0.1, -0.05) is 12.8 Å². The monoisotopic (exact) mass is 239 g/mol. The number of carbonyl (C=O) groups is 1. The maximum Gasteiger partial charge on any atom is 0.244 e. The van der Waals surface area contributed by atoms with Crippen molar-refractivity contribution in [1.82, 2.24) is 15.1 Å². The molecule has 4 nitrogen and oxygen atoms in total. The lowest BCUT2D eigenvalue weighted by atomic mass is 9.98. The Morgan fingerprint density at radius 3 is 2.65 bits per heavy atom. The molecule has 2 rings (SSSR count). The topological polar surface area (TPSA) is 35.6 Å². The second-order valence-electron chi connectivity index (χ2n) is 5.76. The van der Waals surface area contributed by atoms with Gasteiger partial charge in [0.25, 0.3) is 0 Å². The molecule has 1 spiro atoms. The summed E-state index contributed by atoms with van der Waals surface area (Å²) < 4.78 is 0. The molecule has 1 unspecified atom stereocenters. The highest BCUT2D eigenvalue weighted by Crippen LogP contribution is 2.36. The van der Waals surface area contributed by atoms with Crippen molar-refractivity contribution in [3.63, 3.8) is 0 Å². The van der Waals surface area contributed by atoms with E-state index in [4.69, 9.17) is 0 Å². The Morgan fingerprint density at radius 2 is 2.06 bits per heavy atom. The molecule has 17 heavy (non-hydrogen) atoms. The van der Waals surface area contributed by atoms with Crippen molar-refractivity contribution in [2.24, 2.45) is 0 Å². The van der Waals surface area contributed by atoms with Gasteiger partial charge >= 0.3 is 0 Å². The number of hydrogen-bond donors (Lipinski definition) is 1. The van der Waals surface area contributed by atoms with Gasteiger partial charge in [-0.05, 0) is 46.8 Å². The Labute approximate surface area is 104 Å². The van der Waals surface area contributed by atoms with E-state index < -0.39 is 0 Å². The Morgan fingerprint density at radius 1 is 1.41 bits per heavy atom. The van der Waals surface area contributed by atoms with Crippen LogP contribution in [0.4, 0.5) is 0 Å². The van der Waals surface area contributed by atoms with Crippen LogP contribution in [0.5, 0.6) is 0 Å². The number of carbonyl (C=O) groups excluding carboxylic acids is 1. The van der Waals surface area contributed by atoms with Crippen LogP contribution in [0, 0.1) is 0 Å². The van der Waals surface area contributed by atoms with Crippen molar-refractivity contribution in [2.75, 3.05) is 27.2 Å². The molecular formula is C13H25N3O. The van der Waals surface area contributed by atoms with E-state index in [1.807, 2.05) is 4.90 Å². The van der Waals surface area contributed by atoms with Gasteiger partial charge in [0.15, 0.2) is 0 Å². The number of nitrogens with one attached hydrogen (secondary N) is 1. The van der Waals surface area contributed by atoms with E-state index in [0.717, 1.165) is 32.4 Å². The van der Waals surface area contributed by atoms with Crippen LogP contribution in [0.25, 0.3) is 0 Å². The lowest BCUT2D eigenvalue weighted by molar-refractivity contribution is -0.133. The molecule has 1 aliphatic carbocycles. The summed E-state index contributed by atoms with van der Waals surface area (Å²) in [6.45, 7) is 4.04. The smallest absolute Gasteiger partial charge is 0.244 e. The molecule has 0 radical (unpaired) electrons. The van der Waals surface area contributed by atoms with Crippen LogP contribution in [-0.2, 0) is 4.79 Å². The molecular weight excluding hydrogens is 214 g/mol. The molecule has 1 amide bonds.